The van der Waals surface area contributed by atoms with E-state index in [1.165, 1.54) is 26.0 Å². The Kier molecular flexibility index (Phi) is 7.23. The first-order chi connectivity index (χ1) is 14.5. The molecule has 0 fully saturated rings. The number of carbonyl (C=O) groups excluding carboxylic acids is 3. The molecular formula is C22H21NO5S2. The van der Waals surface area contributed by atoms with Crippen LogP contribution in [0.25, 0.3) is 0 Å². The van der Waals surface area contributed by atoms with Gasteiger partial charge in [-0.1, -0.05) is 61.2 Å². The van der Waals surface area contributed by atoms with Gasteiger partial charge in [0.2, 0.25) is 5.78 Å². The maximum absolute atomic E-state index is 13.5. The van der Waals surface area contributed by atoms with Crippen LogP contribution < -0.4 is 0 Å². The molecule has 1 aromatic rings. The Morgan fingerprint density at radius 2 is 1.77 bits per heavy atom. The van der Waals surface area contributed by atoms with Crippen molar-refractivity contribution in [2.75, 3.05) is 20.0 Å². The lowest BCUT2D eigenvalue weighted by atomic mass is 9.99. The van der Waals surface area contributed by atoms with Gasteiger partial charge in [-0.2, -0.15) is 0 Å². The highest BCUT2D eigenvalue weighted by Gasteiger charge is 2.40. The van der Waals surface area contributed by atoms with Crippen molar-refractivity contribution in [3.8, 4) is 0 Å². The zero-order valence-corrected chi connectivity index (χ0v) is 18.4. The summed E-state index contributed by atoms with van der Waals surface area (Å²) in [6.45, 7) is 1.96. The smallest absolute Gasteiger partial charge is 0.345 e. The van der Waals surface area contributed by atoms with E-state index in [9.17, 15) is 14.4 Å². The molecule has 2 heterocycles. The third kappa shape index (κ3) is 4.24. The first-order valence-corrected chi connectivity index (χ1v) is 11.0. The van der Waals surface area contributed by atoms with Gasteiger partial charge in [-0.3, -0.25) is 4.79 Å². The zero-order chi connectivity index (χ0) is 21.7. The highest BCUT2D eigenvalue weighted by Crippen LogP contribution is 2.45. The number of hydrogen-bond acceptors (Lipinski definition) is 8. The van der Waals surface area contributed by atoms with Crippen LogP contribution in [0.5, 0.6) is 0 Å². The van der Waals surface area contributed by atoms with E-state index in [0.29, 0.717) is 21.3 Å². The highest BCUT2D eigenvalue weighted by atomic mass is 32.2. The van der Waals surface area contributed by atoms with Crippen molar-refractivity contribution in [3.05, 3.63) is 80.7 Å². The number of benzene rings is 1. The molecular weight excluding hydrogens is 422 g/mol. The Hall–Kier alpha value is -2.71. The highest BCUT2D eigenvalue weighted by molar-refractivity contribution is 8.24. The number of rotatable bonds is 6. The first-order valence-electron chi connectivity index (χ1n) is 9.22. The standard InChI is InChI=1S/C22H21NO5S2/c1-4-29-22-17(18(24)14-10-6-5-7-11-14)23-13-9-8-12-15(23)16(20(25)27-2)19(30-22)21(26)28-3/h5-13,15H,4H2,1-3H3. The topological polar surface area (TPSA) is 72.9 Å². The summed E-state index contributed by atoms with van der Waals surface area (Å²) >= 11 is 2.51. The summed E-state index contributed by atoms with van der Waals surface area (Å²) in [6.07, 6.45) is 7.05. The number of hydrogen-bond donors (Lipinski definition) is 0. The molecule has 1 unspecified atom stereocenters. The van der Waals surface area contributed by atoms with E-state index in [1.807, 2.05) is 13.0 Å². The number of nitrogens with zero attached hydrogens (tertiary/aromatic N) is 1. The summed E-state index contributed by atoms with van der Waals surface area (Å²) in [7, 11) is 2.52. The van der Waals surface area contributed by atoms with E-state index in [1.54, 1.807) is 53.6 Å². The van der Waals surface area contributed by atoms with Crippen LogP contribution in [0.4, 0.5) is 0 Å². The molecule has 1 aromatic carbocycles. The van der Waals surface area contributed by atoms with Crippen molar-refractivity contribution < 1.29 is 23.9 Å². The predicted molar refractivity (Wildman–Crippen MR) is 118 cm³/mol. The van der Waals surface area contributed by atoms with Gasteiger partial charge >= 0.3 is 11.9 Å². The monoisotopic (exact) mass is 443 g/mol. The summed E-state index contributed by atoms with van der Waals surface area (Å²) < 4.78 is 10.6. The van der Waals surface area contributed by atoms with Crippen LogP contribution in [0.1, 0.15) is 17.3 Å². The second-order valence-corrected chi connectivity index (χ2v) is 8.72. The van der Waals surface area contributed by atoms with Gasteiger partial charge in [0.25, 0.3) is 0 Å². The molecule has 30 heavy (non-hydrogen) atoms. The van der Waals surface area contributed by atoms with E-state index in [2.05, 4.69) is 0 Å². The molecule has 0 saturated carbocycles. The molecule has 8 heteroatoms. The van der Waals surface area contributed by atoms with E-state index in [0.717, 1.165) is 11.8 Å². The maximum atomic E-state index is 13.5. The number of esters is 2. The van der Waals surface area contributed by atoms with Gasteiger partial charge in [-0.25, -0.2) is 9.59 Å². The molecule has 0 aliphatic carbocycles. The maximum Gasteiger partial charge on any atom is 0.345 e. The summed E-state index contributed by atoms with van der Waals surface area (Å²) in [4.78, 5) is 40.7. The molecule has 0 amide bonds. The third-order valence-corrected chi connectivity index (χ3v) is 6.76. The molecule has 0 radical (unpaired) electrons. The molecule has 0 saturated heterocycles. The largest absolute Gasteiger partial charge is 0.466 e. The SMILES string of the molecule is CCSC1=C(C(=O)c2ccccc2)N2C=CC=CC2C(C(=O)OC)=C(C(=O)OC)S1. The van der Waals surface area contributed by atoms with Gasteiger partial charge in [-0.15, -0.1) is 11.8 Å². The van der Waals surface area contributed by atoms with Crippen molar-refractivity contribution in [1.82, 2.24) is 4.90 Å². The average Bonchev–Trinajstić information content (AvgIpc) is 2.93. The normalized spacial score (nSPS) is 18.1. The van der Waals surface area contributed by atoms with Crippen molar-refractivity contribution in [1.29, 1.82) is 0 Å². The second-order valence-electron chi connectivity index (χ2n) is 6.17. The number of carbonyl (C=O) groups is 3. The lowest BCUT2D eigenvalue weighted by Gasteiger charge is -2.32. The number of thioether (sulfide) groups is 2. The van der Waals surface area contributed by atoms with Gasteiger partial charge in [-0.05, 0) is 11.8 Å². The molecule has 0 spiro atoms. The number of fused-ring (bicyclic) bond motifs is 1. The Balaban J connectivity index is 2.26. The second kappa shape index (κ2) is 9.86. The summed E-state index contributed by atoms with van der Waals surface area (Å²) in [6, 6.07) is 8.24. The van der Waals surface area contributed by atoms with Crippen LogP contribution in [0.3, 0.4) is 0 Å². The van der Waals surface area contributed by atoms with Crippen LogP contribution in [-0.4, -0.2) is 48.6 Å². The van der Waals surface area contributed by atoms with Crippen LogP contribution in [0.2, 0.25) is 0 Å². The van der Waals surface area contributed by atoms with E-state index < -0.39 is 18.0 Å². The Morgan fingerprint density at radius 3 is 2.40 bits per heavy atom. The van der Waals surface area contributed by atoms with Gasteiger partial charge in [0.1, 0.15) is 10.6 Å². The number of methoxy groups -OCH3 is 2. The number of ether oxygens (including phenoxy) is 2. The fraction of sp³-hybridized carbons (Fsp3) is 0.227. The number of allylic oxidation sites excluding steroid dienone is 3. The summed E-state index contributed by atoms with van der Waals surface area (Å²) in [5, 5.41) is 0. The van der Waals surface area contributed by atoms with Crippen molar-refractivity contribution in [3.63, 3.8) is 0 Å². The molecule has 2 aliphatic rings. The van der Waals surface area contributed by atoms with E-state index >= 15 is 0 Å². The first kappa shape index (κ1) is 22.0. The zero-order valence-electron chi connectivity index (χ0n) is 16.8. The lowest BCUT2D eigenvalue weighted by Crippen LogP contribution is -2.37. The van der Waals surface area contributed by atoms with Crippen LogP contribution in [-0.2, 0) is 19.1 Å². The minimum Gasteiger partial charge on any atom is -0.466 e. The van der Waals surface area contributed by atoms with Crippen molar-refractivity contribution in [2.45, 2.75) is 13.0 Å². The molecule has 2 aliphatic heterocycles. The molecule has 1 atom stereocenters. The molecule has 0 aromatic heterocycles. The van der Waals surface area contributed by atoms with Crippen LogP contribution in [0.15, 0.2) is 75.2 Å². The van der Waals surface area contributed by atoms with Crippen LogP contribution in [0, 0.1) is 0 Å². The quantitative estimate of drug-likeness (QED) is 0.484. The Morgan fingerprint density at radius 1 is 1.07 bits per heavy atom. The van der Waals surface area contributed by atoms with Crippen molar-refractivity contribution >= 4 is 41.2 Å². The summed E-state index contributed by atoms with van der Waals surface area (Å²) in [5.74, 6) is -0.814. The number of ketones is 1. The van der Waals surface area contributed by atoms with Gasteiger partial charge in [0.15, 0.2) is 0 Å². The minimum absolute atomic E-state index is 0.117. The molecule has 156 valence electrons. The summed E-state index contributed by atoms with van der Waals surface area (Å²) in [5.41, 5.74) is 1.06. The molecule has 0 bridgehead atoms. The Bertz CT molecular complexity index is 979. The third-order valence-electron chi connectivity index (χ3n) is 4.44. The number of Topliss-reactive ketones (excluding diaryl/α,β-unsaturated/α-hetero) is 1. The van der Waals surface area contributed by atoms with Gasteiger partial charge in [0, 0.05) is 11.8 Å². The van der Waals surface area contributed by atoms with Crippen LogP contribution >= 0.6 is 23.5 Å². The lowest BCUT2D eigenvalue weighted by molar-refractivity contribution is -0.139. The Labute approximate surface area is 183 Å². The van der Waals surface area contributed by atoms with E-state index in [4.69, 9.17) is 9.47 Å². The fourth-order valence-electron chi connectivity index (χ4n) is 3.11. The minimum atomic E-state index is -0.679. The molecule has 3 rings (SSSR count). The molecule has 6 nitrogen and oxygen atoms in total. The predicted octanol–water partition coefficient (Wildman–Crippen LogP) is 3.89. The van der Waals surface area contributed by atoms with E-state index in [-0.39, 0.29) is 16.3 Å². The van der Waals surface area contributed by atoms with Gasteiger partial charge < -0.3 is 14.4 Å². The van der Waals surface area contributed by atoms with Crippen molar-refractivity contribution in [2.24, 2.45) is 0 Å². The average molecular weight is 444 g/mol. The molecule has 0 N–H and O–H groups in total. The fourth-order valence-corrected chi connectivity index (χ4v) is 5.51. The van der Waals surface area contributed by atoms with Gasteiger partial charge in [0.05, 0.1) is 30.1 Å².